The summed E-state index contributed by atoms with van der Waals surface area (Å²) in [5, 5.41) is 12.5. The number of hydrogen-bond acceptors (Lipinski definition) is 5. The average molecular weight is 411 g/mol. The Kier molecular flexibility index (Phi) is 6.02. The van der Waals surface area contributed by atoms with Gasteiger partial charge in [0.25, 0.3) is 0 Å². The summed E-state index contributed by atoms with van der Waals surface area (Å²) in [6.45, 7) is 2.93. The molecular weight excluding hydrogens is 388 g/mol. The van der Waals surface area contributed by atoms with Crippen LogP contribution in [-0.4, -0.2) is 26.4 Å². The number of hydrogen-bond donors (Lipinski definition) is 1. The molecule has 2 aromatic carbocycles. The normalized spacial score (nSPS) is 13.5. The van der Waals surface area contributed by atoms with Crippen LogP contribution >= 0.6 is 23.5 Å². The summed E-state index contributed by atoms with van der Waals surface area (Å²) in [5.74, 6) is 1.89. The summed E-state index contributed by atoms with van der Waals surface area (Å²) >= 11 is 3.09. The topological polar surface area (TPSA) is 59.8 Å². The predicted molar refractivity (Wildman–Crippen MR) is 114 cm³/mol. The van der Waals surface area contributed by atoms with Crippen molar-refractivity contribution in [2.45, 2.75) is 47.2 Å². The van der Waals surface area contributed by atoms with E-state index in [9.17, 15) is 4.79 Å². The predicted octanol–water partition coefficient (Wildman–Crippen LogP) is 5.06. The lowest BCUT2D eigenvalue weighted by Gasteiger charge is -2.11. The van der Waals surface area contributed by atoms with Gasteiger partial charge in [-0.05, 0) is 44.0 Å². The van der Waals surface area contributed by atoms with E-state index in [0.29, 0.717) is 11.7 Å². The smallest absolute Gasteiger partial charge is 0.234 e. The van der Waals surface area contributed by atoms with Crippen LogP contribution in [0.25, 0.3) is 0 Å². The summed E-state index contributed by atoms with van der Waals surface area (Å²) in [4.78, 5) is 14.7. The Balaban J connectivity index is 1.39. The van der Waals surface area contributed by atoms with E-state index in [1.54, 1.807) is 11.8 Å². The number of para-hydroxylation sites is 1. The van der Waals surface area contributed by atoms with Crippen molar-refractivity contribution in [1.29, 1.82) is 0 Å². The van der Waals surface area contributed by atoms with Gasteiger partial charge in [-0.1, -0.05) is 53.9 Å². The number of amides is 1. The molecule has 1 aliphatic carbocycles. The SMILES string of the molecule is CCn1c(SCC(=O)Nc2ccccc2Sc2ccccc2)nnc1C1CC1. The van der Waals surface area contributed by atoms with E-state index in [1.807, 2.05) is 42.5 Å². The van der Waals surface area contributed by atoms with Gasteiger partial charge in [-0.25, -0.2) is 0 Å². The van der Waals surface area contributed by atoms with Gasteiger partial charge in [0.15, 0.2) is 5.16 Å². The zero-order chi connectivity index (χ0) is 19.3. The van der Waals surface area contributed by atoms with Crippen LogP contribution in [0.3, 0.4) is 0 Å². The molecule has 0 spiro atoms. The van der Waals surface area contributed by atoms with E-state index in [0.717, 1.165) is 33.0 Å². The molecule has 1 heterocycles. The molecule has 0 atom stereocenters. The van der Waals surface area contributed by atoms with Crippen LogP contribution in [0, 0.1) is 0 Å². The van der Waals surface area contributed by atoms with E-state index < -0.39 is 0 Å². The lowest BCUT2D eigenvalue weighted by Crippen LogP contribution is -2.15. The van der Waals surface area contributed by atoms with Gasteiger partial charge in [-0.2, -0.15) is 0 Å². The number of rotatable bonds is 8. The first kappa shape index (κ1) is 19.1. The molecule has 0 saturated heterocycles. The molecule has 0 unspecified atom stereocenters. The summed E-state index contributed by atoms with van der Waals surface area (Å²) in [7, 11) is 0. The molecular formula is C21H22N4OS2. The first-order valence-electron chi connectivity index (χ1n) is 9.42. The molecule has 1 fully saturated rings. The third-order valence-corrected chi connectivity index (χ3v) is 6.52. The fourth-order valence-electron chi connectivity index (χ4n) is 2.94. The number of nitrogens with one attached hydrogen (secondary N) is 1. The first-order valence-corrected chi connectivity index (χ1v) is 11.2. The number of carbonyl (C=O) groups is 1. The highest BCUT2D eigenvalue weighted by Gasteiger charge is 2.30. The number of nitrogens with zero attached hydrogens (tertiary/aromatic N) is 3. The standard InChI is InChI=1S/C21H22N4OS2/c1-2-25-20(15-12-13-15)23-24-21(25)27-14-19(26)22-17-10-6-7-11-18(17)28-16-8-4-3-5-9-16/h3-11,15H,2,12-14H2,1H3,(H,22,26). The third-order valence-electron chi connectivity index (χ3n) is 4.47. The number of benzene rings is 2. The van der Waals surface area contributed by atoms with Crippen molar-refractivity contribution in [1.82, 2.24) is 14.8 Å². The average Bonchev–Trinajstić information content (AvgIpc) is 3.48. The van der Waals surface area contributed by atoms with Crippen LogP contribution < -0.4 is 5.32 Å². The fraction of sp³-hybridized carbons (Fsp3) is 0.286. The molecule has 5 nitrogen and oxygen atoms in total. The molecule has 4 rings (SSSR count). The quantitative estimate of drug-likeness (QED) is 0.526. The molecule has 28 heavy (non-hydrogen) atoms. The number of aromatic nitrogens is 3. The summed E-state index contributed by atoms with van der Waals surface area (Å²) in [6, 6.07) is 18.0. The van der Waals surface area contributed by atoms with Crippen LogP contribution in [-0.2, 0) is 11.3 Å². The Morgan fingerprint density at radius 2 is 1.86 bits per heavy atom. The lowest BCUT2D eigenvalue weighted by molar-refractivity contribution is -0.113. The fourth-order valence-corrected chi connectivity index (χ4v) is 4.67. The van der Waals surface area contributed by atoms with E-state index in [1.165, 1.54) is 24.6 Å². The molecule has 7 heteroatoms. The zero-order valence-corrected chi connectivity index (χ0v) is 17.3. The van der Waals surface area contributed by atoms with Gasteiger partial charge in [-0.15, -0.1) is 10.2 Å². The lowest BCUT2D eigenvalue weighted by atomic mass is 10.3. The Morgan fingerprint density at radius 1 is 1.11 bits per heavy atom. The summed E-state index contributed by atoms with van der Waals surface area (Å²) in [6.07, 6.45) is 2.39. The highest BCUT2D eigenvalue weighted by Crippen LogP contribution is 2.40. The molecule has 1 aliphatic rings. The minimum atomic E-state index is -0.0373. The van der Waals surface area contributed by atoms with Crippen molar-refractivity contribution in [2.24, 2.45) is 0 Å². The van der Waals surface area contributed by atoms with Crippen molar-refractivity contribution in [3.05, 3.63) is 60.4 Å². The third kappa shape index (κ3) is 4.59. The van der Waals surface area contributed by atoms with Gasteiger partial charge < -0.3 is 9.88 Å². The highest BCUT2D eigenvalue weighted by atomic mass is 32.2. The van der Waals surface area contributed by atoms with Gasteiger partial charge in [0.2, 0.25) is 5.91 Å². The maximum atomic E-state index is 12.5. The van der Waals surface area contributed by atoms with Crippen LogP contribution in [0.5, 0.6) is 0 Å². The summed E-state index contributed by atoms with van der Waals surface area (Å²) < 4.78 is 2.13. The minimum absolute atomic E-state index is 0.0373. The molecule has 1 amide bonds. The molecule has 1 aromatic heterocycles. The van der Waals surface area contributed by atoms with Gasteiger partial charge >= 0.3 is 0 Å². The largest absolute Gasteiger partial charge is 0.324 e. The molecule has 1 saturated carbocycles. The first-order chi connectivity index (χ1) is 13.7. The van der Waals surface area contributed by atoms with Crippen LogP contribution in [0.4, 0.5) is 5.69 Å². The van der Waals surface area contributed by atoms with Crippen LogP contribution in [0.2, 0.25) is 0 Å². The molecule has 144 valence electrons. The monoisotopic (exact) mass is 410 g/mol. The molecule has 0 bridgehead atoms. The molecule has 0 aliphatic heterocycles. The maximum Gasteiger partial charge on any atom is 0.234 e. The maximum absolute atomic E-state index is 12.5. The van der Waals surface area contributed by atoms with Crippen molar-refractivity contribution in [2.75, 3.05) is 11.1 Å². The Morgan fingerprint density at radius 3 is 2.61 bits per heavy atom. The Labute approximate surface area is 173 Å². The second kappa shape index (κ2) is 8.84. The van der Waals surface area contributed by atoms with Crippen molar-refractivity contribution >= 4 is 35.1 Å². The number of carbonyl (C=O) groups excluding carboxylic acids is 1. The van der Waals surface area contributed by atoms with Gasteiger partial charge in [0.1, 0.15) is 5.82 Å². The highest BCUT2D eigenvalue weighted by molar-refractivity contribution is 8.00. The second-order valence-corrected chi connectivity index (χ2v) is 8.67. The van der Waals surface area contributed by atoms with Gasteiger partial charge in [0, 0.05) is 22.3 Å². The van der Waals surface area contributed by atoms with Crippen molar-refractivity contribution in [3.63, 3.8) is 0 Å². The zero-order valence-electron chi connectivity index (χ0n) is 15.7. The van der Waals surface area contributed by atoms with E-state index in [4.69, 9.17) is 0 Å². The van der Waals surface area contributed by atoms with E-state index >= 15 is 0 Å². The molecule has 0 radical (unpaired) electrons. The van der Waals surface area contributed by atoms with E-state index in [-0.39, 0.29) is 5.91 Å². The van der Waals surface area contributed by atoms with E-state index in [2.05, 4.69) is 39.1 Å². The van der Waals surface area contributed by atoms with Crippen molar-refractivity contribution < 1.29 is 4.79 Å². The Bertz CT molecular complexity index is 954. The minimum Gasteiger partial charge on any atom is -0.324 e. The number of thioether (sulfide) groups is 1. The van der Waals surface area contributed by atoms with Crippen LogP contribution in [0.15, 0.2) is 69.5 Å². The second-order valence-electron chi connectivity index (χ2n) is 6.61. The van der Waals surface area contributed by atoms with Gasteiger partial charge in [-0.3, -0.25) is 4.79 Å². The van der Waals surface area contributed by atoms with Crippen molar-refractivity contribution in [3.8, 4) is 0 Å². The van der Waals surface area contributed by atoms with Gasteiger partial charge in [0.05, 0.1) is 11.4 Å². The number of anilines is 1. The molecule has 3 aromatic rings. The van der Waals surface area contributed by atoms with Crippen LogP contribution in [0.1, 0.15) is 31.5 Å². The Hall–Kier alpha value is -2.25. The summed E-state index contributed by atoms with van der Waals surface area (Å²) in [5.41, 5.74) is 0.831. The molecule has 1 N–H and O–H groups in total.